The number of rotatable bonds is 3. The molecule has 0 unspecified atom stereocenters. The predicted molar refractivity (Wildman–Crippen MR) is 63.6 cm³/mol. The van der Waals surface area contributed by atoms with Gasteiger partial charge >= 0.3 is 0 Å². The summed E-state index contributed by atoms with van der Waals surface area (Å²) >= 11 is 5.18. The Kier molecular flexibility index (Phi) is 3.00. The lowest BCUT2D eigenvalue weighted by Gasteiger charge is -2.02. The molecule has 0 fully saturated rings. The number of carbonyl (C=O) groups is 1. The minimum atomic E-state index is -0.00724. The summed E-state index contributed by atoms with van der Waals surface area (Å²) in [6, 6.07) is 3.76. The number of aromatic nitrogens is 3. The van der Waals surface area contributed by atoms with Gasteiger partial charge in [0.2, 0.25) is 5.91 Å². The Hall–Kier alpha value is -1.69. The molecule has 0 aliphatic rings. The van der Waals surface area contributed by atoms with Crippen LogP contribution in [-0.4, -0.2) is 27.5 Å². The molecule has 2 heterocycles. The second-order valence-corrected chi connectivity index (χ2v) is 3.77. The number of nitrogens with one attached hydrogen (secondary N) is 2. The first-order chi connectivity index (χ1) is 7.72. The molecule has 84 valence electrons. The van der Waals surface area contributed by atoms with Crippen molar-refractivity contribution in [2.24, 2.45) is 0 Å². The number of aromatic amines is 1. The second-order valence-electron chi connectivity index (χ2n) is 3.38. The molecule has 0 aliphatic carbocycles. The summed E-state index contributed by atoms with van der Waals surface area (Å²) in [5.41, 5.74) is 1.68. The smallest absolute Gasteiger partial charge is 0.221 e. The Morgan fingerprint density at radius 3 is 3.25 bits per heavy atom. The van der Waals surface area contributed by atoms with Gasteiger partial charge in [-0.05, 0) is 24.4 Å². The Balaban J connectivity index is 2.33. The third kappa shape index (κ3) is 1.96. The third-order valence-corrected chi connectivity index (χ3v) is 2.69. The van der Waals surface area contributed by atoms with Crippen molar-refractivity contribution in [3.8, 4) is 0 Å². The van der Waals surface area contributed by atoms with Gasteiger partial charge in [-0.25, -0.2) is 4.98 Å². The van der Waals surface area contributed by atoms with Crippen LogP contribution >= 0.6 is 12.2 Å². The molecular weight excluding hydrogens is 224 g/mol. The van der Waals surface area contributed by atoms with E-state index < -0.39 is 0 Å². The van der Waals surface area contributed by atoms with E-state index in [0.29, 0.717) is 17.7 Å². The highest BCUT2D eigenvalue weighted by molar-refractivity contribution is 7.71. The van der Waals surface area contributed by atoms with E-state index >= 15 is 0 Å². The van der Waals surface area contributed by atoms with Crippen molar-refractivity contribution in [3.05, 3.63) is 23.1 Å². The van der Waals surface area contributed by atoms with Gasteiger partial charge in [0.15, 0.2) is 10.4 Å². The Morgan fingerprint density at radius 1 is 1.69 bits per heavy atom. The summed E-state index contributed by atoms with van der Waals surface area (Å²) in [7, 11) is 1.62. The number of amides is 1. The highest BCUT2D eigenvalue weighted by atomic mass is 32.1. The molecule has 2 aromatic rings. The molecule has 2 aromatic heterocycles. The largest absolute Gasteiger partial charge is 0.359 e. The highest BCUT2D eigenvalue weighted by Crippen LogP contribution is 2.10. The topological polar surface area (TPSA) is 62.7 Å². The van der Waals surface area contributed by atoms with Crippen LogP contribution in [0.15, 0.2) is 18.3 Å². The van der Waals surface area contributed by atoms with Crippen LogP contribution in [0.5, 0.6) is 0 Å². The highest BCUT2D eigenvalue weighted by Gasteiger charge is 2.06. The van der Waals surface area contributed by atoms with Crippen molar-refractivity contribution in [1.82, 2.24) is 19.9 Å². The molecule has 6 heteroatoms. The van der Waals surface area contributed by atoms with Gasteiger partial charge in [-0.3, -0.25) is 4.79 Å². The van der Waals surface area contributed by atoms with Gasteiger partial charge in [-0.15, -0.1) is 0 Å². The van der Waals surface area contributed by atoms with Crippen LogP contribution in [-0.2, 0) is 11.3 Å². The second kappa shape index (κ2) is 4.44. The fourth-order valence-corrected chi connectivity index (χ4v) is 1.82. The lowest BCUT2D eigenvalue weighted by molar-refractivity contribution is -0.120. The Morgan fingerprint density at radius 2 is 2.50 bits per heavy atom. The SMILES string of the molecule is CNC(=O)CCn1c(=S)[nH]c2cccnc21. The number of hydrogen-bond donors (Lipinski definition) is 2. The first kappa shape index (κ1) is 10.8. The molecule has 0 bridgehead atoms. The van der Waals surface area contributed by atoms with E-state index in [-0.39, 0.29) is 5.91 Å². The molecule has 16 heavy (non-hydrogen) atoms. The summed E-state index contributed by atoms with van der Waals surface area (Å²) < 4.78 is 2.43. The van der Waals surface area contributed by atoms with Crippen LogP contribution in [0.25, 0.3) is 11.2 Å². The Labute approximate surface area is 97.5 Å². The molecule has 2 rings (SSSR count). The van der Waals surface area contributed by atoms with Gasteiger partial charge in [-0.2, -0.15) is 0 Å². The van der Waals surface area contributed by atoms with Crippen LogP contribution in [0.4, 0.5) is 0 Å². The normalized spacial score (nSPS) is 10.6. The van der Waals surface area contributed by atoms with E-state index in [1.165, 1.54) is 0 Å². The number of nitrogens with zero attached hydrogens (tertiary/aromatic N) is 2. The van der Waals surface area contributed by atoms with E-state index in [1.807, 2.05) is 16.7 Å². The molecule has 1 amide bonds. The molecule has 0 spiro atoms. The quantitative estimate of drug-likeness (QED) is 0.788. The van der Waals surface area contributed by atoms with Gasteiger partial charge in [0.1, 0.15) is 0 Å². The number of carbonyl (C=O) groups excluding carboxylic acids is 1. The van der Waals surface area contributed by atoms with E-state index in [1.54, 1.807) is 13.2 Å². The zero-order valence-corrected chi connectivity index (χ0v) is 9.67. The standard InChI is InChI=1S/C10H12N4OS/c1-11-8(15)4-6-14-9-7(13-10(14)16)3-2-5-12-9/h2-3,5H,4,6H2,1H3,(H,11,15)(H,13,16). The maximum Gasteiger partial charge on any atom is 0.221 e. The van der Waals surface area contributed by atoms with Crippen LogP contribution in [0.1, 0.15) is 6.42 Å². The molecule has 0 aliphatic heterocycles. The molecular formula is C10H12N4OS. The van der Waals surface area contributed by atoms with E-state index in [4.69, 9.17) is 12.2 Å². The first-order valence-corrected chi connectivity index (χ1v) is 5.37. The average Bonchev–Trinajstić information content (AvgIpc) is 2.62. The molecule has 2 N–H and O–H groups in total. The Bertz CT molecular complexity index is 571. The molecule has 0 aromatic carbocycles. The zero-order chi connectivity index (χ0) is 11.5. The van der Waals surface area contributed by atoms with Gasteiger partial charge in [-0.1, -0.05) is 0 Å². The average molecular weight is 236 g/mol. The molecule has 0 atom stereocenters. The molecule has 0 radical (unpaired) electrons. The van der Waals surface area contributed by atoms with Crippen molar-refractivity contribution in [3.63, 3.8) is 0 Å². The van der Waals surface area contributed by atoms with Crippen LogP contribution in [0.3, 0.4) is 0 Å². The zero-order valence-electron chi connectivity index (χ0n) is 8.86. The summed E-state index contributed by atoms with van der Waals surface area (Å²) in [6.45, 7) is 0.537. The monoisotopic (exact) mass is 236 g/mol. The van der Waals surface area contributed by atoms with Gasteiger partial charge in [0, 0.05) is 26.2 Å². The maximum absolute atomic E-state index is 11.2. The summed E-state index contributed by atoms with van der Waals surface area (Å²) in [5.74, 6) is -0.00724. The third-order valence-electron chi connectivity index (χ3n) is 2.37. The number of aryl methyl sites for hydroxylation is 1. The maximum atomic E-state index is 11.2. The van der Waals surface area contributed by atoms with Gasteiger partial charge < -0.3 is 14.9 Å². The van der Waals surface area contributed by atoms with Gasteiger partial charge in [0.25, 0.3) is 0 Å². The summed E-state index contributed by atoms with van der Waals surface area (Å²) in [4.78, 5) is 18.5. The number of imidazole rings is 1. The fraction of sp³-hybridized carbons (Fsp3) is 0.300. The van der Waals surface area contributed by atoms with Gasteiger partial charge in [0.05, 0.1) is 5.52 Å². The van der Waals surface area contributed by atoms with Crippen molar-refractivity contribution in [2.45, 2.75) is 13.0 Å². The first-order valence-electron chi connectivity index (χ1n) is 4.96. The van der Waals surface area contributed by atoms with Crippen molar-refractivity contribution in [2.75, 3.05) is 7.05 Å². The minimum Gasteiger partial charge on any atom is -0.359 e. The van der Waals surface area contributed by atoms with Crippen LogP contribution in [0, 0.1) is 4.77 Å². The summed E-state index contributed by atoms with van der Waals surface area (Å²) in [5, 5.41) is 2.58. The predicted octanol–water partition coefficient (Wildman–Crippen LogP) is 1.23. The van der Waals surface area contributed by atoms with E-state index in [2.05, 4.69) is 15.3 Å². The molecule has 5 nitrogen and oxygen atoms in total. The lowest BCUT2D eigenvalue weighted by atomic mass is 10.4. The van der Waals surface area contributed by atoms with Crippen LogP contribution in [0.2, 0.25) is 0 Å². The number of H-pyrrole nitrogens is 1. The van der Waals surface area contributed by atoms with Crippen molar-refractivity contribution < 1.29 is 4.79 Å². The number of fused-ring (bicyclic) bond motifs is 1. The van der Waals surface area contributed by atoms with Crippen molar-refractivity contribution in [1.29, 1.82) is 0 Å². The molecule has 0 saturated carbocycles. The minimum absolute atomic E-state index is 0.00724. The number of hydrogen-bond acceptors (Lipinski definition) is 3. The summed E-state index contributed by atoms with van der Waals surface area (Å²) in [6.07, 6.45) is 2.11. The molecule has 0 saturated heterocycles. The fourth-order valence-electron chi connectivity index (χ4n) is 1.53. The van der Waals surface area contributed by atoms with Crippen LogP contribution < -0.4 is 5.32 Å². The van der Waals surface area contributed by atoms with E-state index in [0.717, 1.165) is 11.2 Å². The van der Waals surface area contributed by atoms with Crippen molar-refractivity contribution >= 4 is 29.3 Å². The number of pyridine rings is 1. The lowest BCUT2D eigenvalue weighted by Crippen LogP contribution is -2.19. The van der Waals surface area contributed by atoms with E-state index in [9.17, 15) is 4.79 Å².